The summed E-state index contributed by atoms with van der Waals surface area (Å²) in [7, 11) is 0. The van der Waals surface area contributed by atoms with Crippen LogP contribution < -0.4 is 10.1 Å². The Labute approximate surface area is 138 Å². The van der Waals surface area contributed by atoms with E-state index in [1.807, 2.05) is 6.07 Å². The van der Waals surface area contributed by atoms with Crippen LogP contribution in [-0.2, 0) is 0 Å². The number of rotatable bonds is 5. The topological polar surface area (TPSA) is 101 Å². The SMILES string of the molecule is O=C(O)c1cnc(C(=O)Nc2cccc(OC3CCCC3)c2)cn1. The number of nitrogens with one attached hydrogen (secondary N) is 1. The Morgan fingerprint density at radius 1 is 1.12 bits per heavy atom. The molecular weight excluding hydrogens is 310 g/mol. The summed E-state index contributed by atoms with van der Waals surface area (Å²) in [6.45, 7) is 0. The summed E-state index contributed by atoms with van der Waals surface area (Å²) < 4.78 is 5.90. The Balaban J connectivity index is 1.66. The van der Waals surface area contributed by atoms with Crippen LogP contribution in [0.3, 0.4) is 0 Å². The van der Waals surface area contributed by atoms with Crippen molar-refractivity contribution in [3.05, 3.63) is 48.0 Å². The summed E-state index contributed by atoms with van der Waals surface area (Å²) in [5.41, 5.74) is 0.417. The molecule has 0 unspecified atom stereocenters. The predicted molar refractivity (Wildman–Crippen MR) is 86.3 cm³/mol. The van der Waals surface area contributed by atoms with Gasteiger partial charge in [-0.05, 0) is 37.8 Å². The summed E-state index contributed by atoms with van der Waals surface area (Å²) in [6, 6.07) is 7.17. The summed E-state index contributed by atoms with van der Waals surface area (Å²) in [5.74, 6) is -0.935. The van der Waals surface area contributed by atoms with Gasteiger partial charge in [-0.15, -0.1) is 0 Å². The molecule has 1 saturated carbocycles. The molecule has 1 aliphatic rings. The zero-order valence-electron chi connectivity index (χ0n) is 12.9. The number of hydrogen-bond acceptors (Lipinski definition) is 5. The van der Waals surface area contributed by atoms with Gasteiger partial charge in [0.1, 0.15) is 11.4 Å². The van der Waals surface area contributed by atoms with Gasteiger partial charge in [-0.2, -0.15) is 0 Å². The summed E-state index contributed by atoms with van der Waals surface area (Å²) in [6.07, 6.45) is 6.92. The molecule has 0 saturated heterocycles. The fraction of sp³-hybridized carbons (Fsp3) is 0.294. The van der Waals surface area contributed by atoms with Crippen molar-refractivity contribution < 1.29 is 19.4 Å². The molecule has 1 aliphatic carbocycles. The number of nitrogens with zero attached hydrogens (tertiary/aromatic N) is 2. The molecule has 0 aliphatic heterocycles. The monoisotopic (exact) mass is 327 g/mol. The Kier molecular flexibility index (Phi) is 4.69. The van der Waals surface area contributed by atoms with Crippen LogP contribution >= 0.6 is 0 Å². The van der Waals surface area contributed by atoms with Crippen molar-refractivity contribution in [2.75, 3.05) is 5.32 Å². The molecular formula is C17H17N3O4. The van der Waals surface area contributed by atoms with Gasteiger partial charge in [-0.25, -0.2) is 14.8 Å². The summed E-state index contributed by atoms with van der Waals surface area (Å²) in [4.78, 5) is 30.4. The van der Waals surface area contributed by atoms with E-state index in [2.05, 4.69) is 15.3 Å². The molecule has 7 nitrogen and oxygen atoms in total. The number of hydrogen-bond donors (Lipinski definition) is 2. The van der Waals surface area contributed by atoms with Crippen LogP contribution in [0.25, 0.3) is 0 Å². The van der Waals surface area contributed by atoms with E-state index in [9.17, 15) is 9.59 Å². The molecule has 2 aromatic rings. The molecule has 1 aromatic carbocycles. The van der Waals surface area contributed by atoms with Crippen molar-refractivity contribution >= 4 is 17.6 Å². The van der Waals surface area contributed by atoms with Gasteiger partial charge in [0.05, 0.1) is 18.5 Å². The van der Waals surface area contributed by atoms with Crippen LogP contribution in [0.5, 0.6) is 5.75 Å². The molecule has 0 atom stereocenters. The van der Waals surface area contributed by atoms with Crippen LogP contribution in [0, 0.1) is 0 Å². The largest absolute Gasteiger partial charge is 0.490 e. The molecule has 2 N–H and O–H groups in total. The van der Waals surface area contributed by atoms with Gasteiger partial charge in [0.15, 0.2) is 5.69 Å². The lowest BCUT2D eigenvalue weighted by Crippen LogP contribution is -2.15. The maximum atomic E-state index is 12.1. The first kappa shape index (κ1) is 15.9. The highest BCUT2D eigenvalue weighted by atomic mass is 16.5. The fourth-order valence-corrected chi connectivity index (χ4v) is 2.60. The third-order valence-corrected chi connectivity index (χ3v) is 3.80. The third-order valence-electron chi connectivity index (χ3n) is 3.80. The van der Waals surface area contributed by atoms with Crippen LogP contribution in [0.1, 0.15) is 46.7 Å². The lowest BCUT2D eigenvalue weighted by molar-refractivity contribution is 0.0689. The van der Waals surface area contributed by atoms with Gasteiger partial charge in [-0.3, -0.25) is 4.79 Å². The number of carbonyl (C=O) groups is 2. The Hall–Kier alpha value is -2.96. The second-order valence-corrected chi connectivity index (χ2v) is 5.60. The fourth-order valence-electron chi connectivity index (χ4n) is 2.60. The van der Waals surface area contributed by atoms with E-state index in [0.29, 0.717) is 11.4 Å². The molecule has 1 amide bonds. The van der Waals surface area contributed by atoms with Crippen molar-refractivity contribution in [2.24, 2.45) is 0 Å². The molecule has 1 heterocycles. The second kappa shape index (κ2) is 7.08. The maximum absolute atomic E-state index is 12.1. The number of ether oxygens (including phenoxy) is 1. The average molecular weight is 327 g/mol. The van der Waals surface area contributed by atoms with Crippen molar-refractivity contribution in [2.45, 2.75) is 31.8 Å². The maximum Gasteiger partial charge on any atom is 0.356 e. The second-order valence-electron chi connectivity index (χ2n) is 5.60. The molecule has 1 fully saturated rings. The lowest BCUT2D eigenvalue weighted by atomic mass is 10.2. The Bertz CT molecular complexity index is 740. The van der Waals surface area contributed by atoms with Crippen molar-refractivity contribution in [3.63, 3.8) is 0 Å². The zero-order valence-corrected chi connectivity index (χ0v) is 12.9. The number of carbonyl (C=O) groups excluding carboxylic acids is 1. The van der Waals surface area contributed by atoms with E-state index in [4.69, 9.17) is 9.84 Å². The van der Waals surface area contributed by atoms with Gasteiger partial charge in [-0.1, -0.05) is 6.07 Å². The van der Waals surface area contributed by atoms with Crippen molar-refractivity contribution in [3.8, 4) is 5.75 Å². The number of amides is 1. The standard InChI is InChI=1S/C17H17N3O4/c21-16(14-9-19-15(10-18-14)17(22)23)20-11-4-3-7-13(8-11)24-12-5-1-2-6-12/h3-4,7-10,12H,1-2,5-6H2,(H,20,21)(H,22,23). The number of carboxylic acid groups (broad SMARTS) is 1. The van der Waals surface area contributed by atoms with E-state index in [1.165, 1.54) is 12.8 Å². The van der Waals surface area contributed by atoms with Gasteiger partial charge >= 0.3 is 5.97 Å². The minimum Gasteiger partial charge on any atom is -0.490 e. The number of aromatic nitrogens is 2. The van der Waals surface area contributed by atoms with Crippen LogP contribution in [0.2, 0.25) is 0 Å². The molecule has 7 heteroatoms. The highest BCUT2D eigenvalue weighted by Crippen LogP contribution is 2.25. The molecule has 3 rings (SSSR count). The first-order chi connectivity index (χ1) is 11.6. The van der Waals surface area contributed by atoms with E-state index >= 15 is 0 Å². The normalized spacial score (nSPS) is 14.3. The predicted octanol–water partition coefficient (Wildman–Crippen LogP) is 2.75. The smallest absolute Gasteiger partial charge is 0.356 e. The first-order valence-electron chi connectivity index (χ1n) is 7.75. The van der Waals surface area contributed by atoms with Gasteiger partial charge in [0.25, 0.3) is 5.91 Å². The number of benzene rings is 1. The number of anilines is 1. The molecule has 124 valence electrons. The van der Waals surface area contributed by atoms with E-state index in [0.717, 1.165) is 25.2 Å². The van der Waals surface area contributed by atoms with Crippen LogP contribution in [-0.4, -0.2) is 33.1 Å². The zero-order chi connectivity index (χ0) is 16.9. The van der Waals surface area contributed by atoms with Crippen molar-refractivity contribution in [1.29, 1.82) is 0 Å². The van der Waals surface area contributed by atoms with E-state index < -0.39 is 11.9 Å². The lowest BCUT2D eigenvalue weighted by Gasteiger charge is -2.14. The molecule has 0 spiro atoms. The molecule has 0 radical (unpaired) electrons. The van der Waals surface area contributed by atoms with Gasteiger partial charge in [0, 0.05) is 11.8 Å². The highest BCUT2D eigenvalue weighted by molar-refractivity contribution is 6.02. The Morgan fingerprint density at radius 3 is 2.50 bits per heavy atom. The molecule has 0 bridgehead atoms. The molecule has 24 heavy (non-hydrogen) atoms. The minimum absolute atomic E-state index is 0.0436. The highest BCUT2D eigenvalue weighted by Gasteiger charge is 2.17. The van der Waals surface area contributed by atoms with E-state index in [1.54, 1.807) is 18.2 Å². The minimum atomic E-state index is -1.19. The third kappa shape index (κ3) is 3.87. The molecule has 1 aromatic heterocycles. The van der Waals surface area contributed by atoms with Crippen LogP contribution in [0.4, 0.5) is 5.69 Å². The quantitative estimate of drug-likeness (QED) is 0.875. The van der Waals surface area contributed by atoms with Gasteiger partial charge in [0.2, 0.25) is 0 Å². The van der Waals surface area contributed by atoms with Gasteiger partial charge < -0.3 is 15.2 Å². The van der Waals surface area contributed by atoms with E-state index in [-0.39, 0.29) is 17.5 Å². The Morgan fingerprint density at radius 2 is 1.83 bits per heavy atom. The summed E-state index contributed by atoms with van der Waals surface area (Å²) >= 11 is 0. The average Bonchev–Trinajstić information content (AvgIpc) is 3.08. The van der Waals surface area contributed by atoms with Crippen LogP contribution in [0.15, 0.2) is 36.7 Å². The number of carboxylic acids is 1. The van der Waals surface area contributed by atoms with Crippen molar-refractivity contribution in [1.82, 2.24) is 9.97 Å². The first-order valence-corrected chi connectivity index (χ1v) is 7.75. The number of aromatic carboxylic acids is 1. The summed E-state index contributed by atoms with van der Waals surface area (Å²) in [5, 5.41) is 11.5.